The van der Waals surface area contributed by atoms with E-state index < -0.39 is 10.1 Å². The topological polar surface area (TPSA) is 79.5 Å². The lowest BCUT2D eigenvalue weighted by Crippen LogP contribution is -2.04. The van der Waals surface area contributed by atoms with Gasteiger partial charge in [-0.1, -0.05) is 67.2 Å². The van der Waals surface area contributed by atoms with Gasteiger partial charge in [0, 0.05) is 4.91 Å². The average molecular weight is 439 g/mol. The molecule has 1 unspecified atom stereocenters. The molecule has 0 aromatic heterocycles. The van der Waals surface area contributed by atoms with Crippen LogP contribution in [0.1, 0.15) is 42.9 Å². The van der Waals surface area contributed by atoms with Crippen molar-refractivity contribution in [3.05, 3.63) is 82.3 Å². The molecule has 0 spiro atoms. The van der Waals surface area contributed by atoms with E-state index in [9.17, 15) is 13.7 Å². The summed E-state index contributed by atoms with van der Waals surface area (Å²) in [7, 11) is -4.01. The van der Waals surface area contributed by atoms with E-state index in [-0.39, 0.29) is 4.90 Å². The first-order valence-electron chi connectivity index (χ1n) is 9.53. The van der Waals surface area contributed by atoms with Gasteiger partial charge in [-0.05, 0) is 60.2 Å². The standard InChI is InChI=1S/C23H22N2O3S2/c1-4-16(2)18-9-11-19(12-10-18)30(26,27)28-25-23-14-13-22(29-23)21(15-24)20-8-6-5-7-17(20)3/h5-14,16H,4H2,1-3H3/b22-21-,25-23?. The van der Waals surface area contributed by atoms with Crippen molar-refractivity contribution in [3.8, 4) is 6.07 Å². The fourth-order valence-electron chi connectivity index (χ4n) is 2.94. The molecule has 0 saturated heterocycles. The number of nitrogens with zero attached hydrogens (tertiary/aromatic N) is 2. The smallest absolute Gasteiger partial charge is 0.264 e. The van der Waals surface area contributed by atoms with Gasteiger partial charge in [-0.25, -0.2) is 0 Å². The molecule has 0 bridgehead atoms. The van der Waals surface area contributed by atoms with Crippen molar-refractivity contribution in [2.24, 2.45) is 5.16 Å². The molecule has 30 heavy (non-hydrogen) atoms. The van der Waals surface area contributed by atoms with Crippen LogP contribution in [0.25, 0.3) is 5.57 Å². The van der Waals surface area contributed by atoms with E-state index in [4.69, 9.17) is 4.28 Å². The van der Waals surface area contributed by atoms with Crippen LogP contribution >= 0.6 is 11.8 Å². The number of thioether (sulfide) groups is 1. The lowest BCUT2D eigenvalue weighted by atomic mass is 9.99. The summed E-state index contributed by atoms with van der Waals surface area (Å²) in [6.45, 7) is 6.11. The molecule has 7 heteroatoms. The molecule has 0 radical (unpaired) electrons. The summed E-state index contributed by atoms with van der Waals surface area (Å²) >= 11 is 1.20. The Balaban J connectivity index is 1.77. The molecule has 154 valence electrons. The van der Waals surface area contributed by atoms with E-state index in [1.54, 1.807) is 24.3 Å². The Morgan fingerprint density at radius 1 is 1.17 bits per heavy atom. The number of rotatable bonds is 6. The van der Waals surface area contributed by atoms with E-state index in [1.807, 2.05) is 31.2 Å². The van der Waals surface area contributed by atoms with Crippen LogP contribution < -0.4 is 0 Å². The lowest BCUT2D eigenvalue weighted by molar-refractivity contribution is 0.340. The van der Waals surface area contributed by atoms with Gasteiger partial charge in [0.25, 0.3) is 0 Å². The fraction of sp³-hybridized carbons (Fsp3) is 0.217. The summed E-state index contributed by atoms with van der Waals surface area (Å²) in [6.07, 6.45) is 4.35. The Morgan fingerprint density at radius 3 is 2.50 bits per heavy atom. The minimum Gasteiger partial charge on any atom is -0.264 e. The maximum Gasteiger partial charge on any atom is 0.358 e. The summed E-state index contributed by atoms with van der Waals surface area (Å²) in [6, 6.07) is 16.5. The fourth-order valence-corrected chi connectivity index (χ4v) is 4.55. The zero-order valence-electron chi connectivity index (χ0n) is 17.0. The van der Waals surface area contributed by atoms with Crippen LogP contribution in [-0.4, -0.2) is 13.5 Å². The van der Waals surface area contributed by atoms with Crippen molar-refractivity contribution in [3.63, 3.8) is 0 Å². The van der Waals surface area contributed by atoms with Crippen LogP contribution in [0, 0.1) is 18.3 Å². The zero-order chi connectivity index (χ0) is 21.7. The molecular formula is C23H22N2O3S2. The third-order valence-electron chi connectivity index (χ3n) is 4.94. The molecule has 1 aliphatic heterocycles. The first kappa shape index (κ1) is 21.9. The minimum atomic E-state index is -4.01. The van der Waals surface area contributed by atoms with E-state index >= 15 is 0 Å². The number of nitriles is 1. The highest BCUT2D eigenvalue weighted by atomic mass is 32.2. The quantitative estimate of drug-likeness (QED) is 0.423. The molecule has 0 aliphatic carbocycles. The number of oxime groups is 1. The largest absolute Gasteiger partial charge is 0.358 e. The van der Waals surface area contributed by atoms with Crippen molar-refractivity contribution in [2.45, 2.75) is 38.0 Å². The SMILES string of the molecule is CCC(C)c1ccc(S(=O)(=O)ON=C2C=C/C(=C(\C#N)c3ccccc3C)S2)cc1. The second kappa shape index (κ2) is 9.33. The number of benzene rings is 2. The third kappa shape index (κ3) is 4.84. The molecule has 2 aromatic rings. The average Bonchev–Trinajstić information content (AvgIpc) is 3.22. The van der Waals surface area contributed by atoms with Crippen LogP contribution in [-0.2, 0) is 14.4 Å². The highest BCUT2D eigenvalue weighted by Crippen LogP contribution is 2.35. The van der Waals surface area contributed by atoms with Crippen molar-refractivity contribution in [1.82, 2.24) is 0 Å². The molecule has 5 nitrogen and oxygen atoms in total. The molecule has 1 heterocycles. The van der Waals surface area contributed by atoms with E-state index in [2.05, 4.69) is 25.1 Å². The Hall–Kier alpha value is -2.82. The van der Waals surface area contributed by atoms with E-state index in [0.717, 1.165) is 23.1 Å². The van der Waals surface area contributed by atoms with Crippen molar-refractivity contribution >= 4 is 32.5 Å². The highest BCUT2D eigenvalue weighted by Gasteiger charge is 2.20. The van der Waals surface area contributed by atoms with Gasteiger partial charge in [-0.2, -0.15) is 13.7 Å². The summed E-state index contributed by atoms with van der Waals surface area (Å²) < 4.78 is 29.8. The van der Waals surface area contributed by atoms with Gasteiger partial charge in [-0.3, -0.25) is 4.28 Å². The molecule has 0 fully saturated rings. The maximum atomic E-state index is 12.5. The summed E-state index contributed by atoms with van der Waals surface area (Å²) in [5.74, 6) is 0.357. The Labute approximate surface area is 181 Å². The minimum absolute atomic E-state index is 0.0549. The van der Waals surface area contributed by atoms with Crippen LogP contribution in [0.4, 0.5) is 0 Å². The van der Waals surface area contributed by atoms with Crippen LogP contribution in [0.3, 0.4) is 0 Å². The Morgan fingerprint density at radius 2 is 1.87 bits per heavy atom. The predicted octanol–water partition coefficient (Wildman–Crippen LogP) is 5.77. The first-order chi connectivity index (χ1) is 14.4. The monoisotopic (exact) mass is 438 g/mol. The van der Waals surface area contributed by atoms with E-state index in [1.165, 1.54) is 23.9 Å². The van der Waals surface area contributed by atoms with Gasteiger partial charge < -0.3 is 0 Å². The first-order valence-corrected chi connectivity index (χ1v) is 11.8. The molecule has 0 saturated carbocycles. The Kier molecular flexibility index (Phi) is 6.80. The van der Waals surface area contributed by atoms with Crippen molar-refractivity contribution in [2.75, 3.05) is 0 Å². The van der Waals surface area contributed by atoms with Gasteiger partial charge in [0.05, 0.1) is 5.57 Å². The third-order valence-corrected chi connectivity index (χ3v) is 7.04. The summed E-state index contributed by atoms with van der Waals surface area (Å²) in [5.41, 5.74) is 3.42. The molecule has 2 aromatic carbocycles. The molecule has 0 amide bonds. The van der Waals surface area contributed by atoms with Gasteiger partial charge >= 0.3 is 10.1 Å². The normalized spacial score (nSPS) is 17.6. The van der Waals surface area contributed by atoms with Gasteiger partial charge in [0.15, 0.2) is 0 Å². The zero-order valence-corrected chi connectivity index (χ0v) is 18.6. The molecule has 1 aliphatic rings. The molecule has 1 atom stereocenters. The second-order valence-electron chi connectivity index (χ2n) is 6.94. The number of hydrogen-bond donors (Lipinski definition) is 0. The molecule has 0 N–H and O–H groups in total. The van der Waals surface area contributed by atoms with E-state index in [0.29, 0.717) is 21.4 Å². The predicted molar refractivity (Wildman–Crippen MR) is 121 cm³/mol. The van der Waals surface area contributed by atoms with Crippen LogP contribution in [0.2, 0.25) is 0 Å². The van der Waals surface area contributed by atoms with Crippen molar-refractivity contribution in [1.29, 1.82) is 5.26 Å². The number of allylic oxidation sites excluding steroid dienone is 2. The maximum absolute atomic E-state index is 12.5. The summed E-state index contributed by atoms with van der Waals surface area (Å²) in [5, 5.41) is 13.8. The Bertz CT molecular complexity index is 1170. The van der Waals surface area contributed by atoms with Crippen molar-refractivity contribution < 1.29 is 12.7 Å². The number of aryl methyl sites for hydroxylation is 1. The second-order valence-corrected chi connectivity index (χ2v) is 9.53. The van der Waals surface area contributed by atoms with Gasteiger partial charge in [-0.15, -0.1) is 0 Å². The molecular weight excluding hydrogens is 416 g/mol. The molecule has 3 rings (SSSR count). The number of hydrogen-bond acceptors (Lipinski definition) is 6. The van der Waals surface area contributed by atoms with Gasteiger partial charge in [0.1, 0.15) is 16.0 Å². The van der Waals surface area contributed by atoms with Crippen LogP contribution in [0.15, 0.2) is 75.6 Å². The van der Waals surface area contributed by atoms with Gasteiger partial charge in [0.2, 0.25) is 0 Å². The summed E-state index contributed by atoms with van der Waals surface area (Å²) in [4.78, 5) is 0.753. The lowest BCUT2D eigenvalue weighted by Gasteiger charge is -2.09. The highest BCUT2D eigenvalue weighted by molar-refractivity contribution is 8.18. The van der Waals surface area contributed by atoms with Crippen LogP contribution in [0.5, 0.6) is 0 Å².